The highest BCUT2D eigenvalue weighted by Crippen LogP contribution is 2.21. The van der Waals surface area contributed by atoms with Crippen LogP contribution in [0.5, 0.6) is 0 Å². The van der Waals surface area contributed by atoms with Crippen LogP contribution < -0.4 is 11.1 Å². The van der Waals surface area contributed by atoms with Crippen LogP contribution in [0.2, 0.25) is 0 Å². The van der Waals surface area contributed by atoms with Gasteiger partial charge in [-0.05, 0) is 31.5 Å². The van der Waals surface area contributed by atoms with Crippen molar-refractivity contribution in [2.45, 2.75) is 39.2 Å². The summed E-state index contributed by atoms with van der Waals surface area (Å²) in [6, 6.07) is 5.61. The summed E-state index contributed by atoms with van der Waals surface area (Å²) in [4.78, 5) is 19.3. The third-order valence-corrected chi connectivity index (χ3v) is 3.46. The number of carbonyl (C=O) groups is 1. The highest BCUT2D eigenvalue weighted by molar-refractivity contribution is 6.04. The van der Waals surface area contributed by atoms with Crippen molar-refractivity contribution in [1.29, 1.82) is 0 Å². The van der Waals surface area contributed by atoms with E-state index in [0.29, 0.717) is 11.1 Å². The molecule has 1 atom stereocenters. The number of aromatic amines is 1. The molecule has 0 fully saturated rings. The van der Waals surface area contributed by atoms with Crippen molar-refractivity contribution in [2.24, 2.45) is 5.73 Å². The van der Waals surface area contributed by atoms with Crippen molar-refractivity contribution in [2.75, 3.05) is 6.54 Å². The Hall–Kier alpha value is -1.88. The Balaban J connectivity index is 2.30. The molecule has 2 rings (SSSR count). The summed E-state index contributed by atoms with van der Waals surface area (Å²) >= 11 is 0. The SMILES string of the molecule is CCCCNC(CC)c1nc2c(C(N)=O)cccc2[nH]1. The Morgan fingerprint density at radius 1 is 1.45 bits per heavy atom. The number of benzene rings is 1. The molecule has 4 N–H and O–H groups in total. The van der Waals surface area contributed by atoms with E-state index in [4.69, 9.17) is 5.73 Å². The molecule has 20 heavy (non-hydrogen) atoms. The van der Waals surface area contributed by atoms with Gasteiger partial charge in [-0.2, -0.15) is 0 Å². The van der Waals surface area contributed by atoms with Crippen molar-refractivity contribution in [1.82, 2.24) is 15.3 Å². The summed E-state index contributed by atoms with van der Waals surface area (Å²) in [6.45, 7) is 5.25. The predicted molar refractivity (Wildman–Crippen MR) is 80.6 cm³/mol. The lowest BCUT2D eigenvalue weighted by atomic mass is 10.2. The van der Waals surface area contributed by atoms with E-state index in [1.165, 1.54) is 0 Å². The topological polar surface area (TPSA) is 83.8 Å². The maximum atomic E-state index is 11.4. The van der Waals surface area contributed by atoms with Gasteiger partial charge >= 0.3 is 0 Å². The Labute approximate surface area is 119 Å². The van der Waals surface area contributed by atoms with E-state index in [1.807, 2.05) is 12.1 Å². The molecule has 0 saturated heterocycles. The minimum Gasteiger partial charge on any atom is -0.366 e. The van der Waals surface area contributed by atoms with Crippen LogP contribution in [0.3, 0.4) is 0 Å². The second-order valence-corrected chi connectivity index (χ2v) is 4.96. The molecule has 1 unspecified atom stereocenters. The van der Waals surface area contributed by atoms with Crippen molar-refractivity contribution >= 4 is 16.9 Å². The highest BCUT2D eigenvalue weighted by Gasteiger charge is 2.16. The highest BCUT2D eigenvalue weighted by atomic mass is 16.1. The van der Waals surface area contributed by atoms with Crippen LogP contribution in [0.25, 0.3) is 11.0 Å². The zero-order chi connectivity index (χ0) is 14.5. The zero-order valence-electron chi connectivity index (χ0n) is 12.1. The lowest BCUT2D eigenvalue weighted by molar-refractivity contribution is 0.100. The summed E-state index contributed by atoms with van der Waals surface area (Å²) in [5.41, 5.74) is 7.37. The van der Waals surface area contributed by atoms with Gasteiger partial charge in [-0.1, -0.05) is 26.3 Å². The predicted octanol–water partition coefficient (Wildman–Crippen LogP) is 2.50. The standard InChI is InChI=1S/C15H22N4O/c1-3-5-9-17-11(4-2)15-18-12-8-6-7-10(14(16)20)13(12)19-15/h6-8,11,17H,3-5,9H2,1-2H3,(H2,16,20)(H,18,19). The maximum absolute atomic E-state index is 11.4. The number of primary amides is 1. The largest absolute Gasteiger partial charge is 0.366 e. The fourth-order valence-electron chi connectivity index (χ4n) is 2.30. The van der Waals surface area contributed by atoms with Crippen molar-refractivity contribution in [3.8, 4) is 0 Å². The second-order valence-electron chi connectivity index (χ2n) is 4.96. The lowest BCUT2D eigenvalue weighted by Gasteiger charge is -2.13. The second kappa shape index (κ2) is 6.52. The third-order valence-electron chi connectivity index (χ3n) is 3.46. The third kappa shape index (κ3) is 2.99. The van der Waals surface area contributed by atoms with Crippen LogP contribution in [0.4, 0.5) is 0 Å². The number of nitrogens with one attached hydrogen (secondary N) is 2. The van der Waals surface area contributed by atoms with E-state index in [0.717, 1.165) is 37.1 Å². The number of imidazole rings is 1. The summed E-state index contributed by atoms with van der Waals surface area (Å²) < 4.78 is 0. The molecule has 1 aromatic heterocycles. The quantitative estimate of drug-likeness (QED) is 0.678. The van der Waals surface area contributed by atoms with Crippen molar-refractivity contribution in [3.63, 3.8) is 0 Å². The minimum atomic E-state index is -0.444. The first kappa shape index (κ1) is 14.5. The number of H-pyrrole nitrogens is 1. The van der Waals surface area contributed by atoms with E-state index in [9.17, 15) is 4.79 Å². The molecule has 1 amide bonds. The number of nitrogens with zero attached hydrogens (tertiary/aromatic N) is 1. The Morgan fingerprint density at radius 2 is 2.25 bits per heavy atom. The van der Waals surface area contributed by atoms with Crippen LogP contribution in [-0.2, 0) is 0 Å². The van der Waals surface area contributed by atoms with Crippen LogP contribution in [-0.4, -0.2) is 22.4 Å². The number of aromatic nitrogens is 2. The first-order valence-electron chi connectivity index (χ1n) is 7.19. The Kier molecular flexibility index (Phi) is 4.74. The molecule has 0 spiro atoms. The smallest absolute Gasteiger partial charge is 0.250 e. The molecule has 0 aliphatic heterocycles. The maximum Gasteiger partial charge on any atom is 0.250 e. The number of rotatable bonds is 7. The number of nitrogens with two attached hydrogens (primary N) is 1. The number of carbonyl (C=O) groups excluding carboxylic acids is 1. The van der Waals surface area contributed by atoms with Gasteiger partial charge in [-0.25, -0.2) is 4.98 Å². The number of hydrogen-bond acceptors (Lipinski definition) is 3. The molecule has 5 heteroatoms. The van der Waals surface area contributed by atoms with E-state index in [2.05, 4.69) is 29.1 Å². The van der Waals surface area contributed by atoms with Gasteiger partial charge < -0.3 is 16.0 Å². The molecule has 0 bridgehead atoms. The summed E-state index contributed by atoms with van der Waals surface area (Å²) in [5, 5.41) is 3.49. The van der Waals surface area contributed by atoms with E-state index < -0.39 is 5.91 Å². The Morgan fingerprint density at radius 3 is 2.90 bits per heavy atom. The van der Waals surface area contributed by atoms with Gasteiger partial charge in [-0.3, -0.25) is 4.79 Å². The normalized spacial score (nSPS) is 12.7. The fourth-order valence-corrected chi connectivity index (χ4v) is 2.30. The van der Waals surface area contributed by atoms with Crippen molar-refractivity contribution in [3.05, 3.63) is 29.6 Å². The number of unbranched alkanes of at least 4 members (excludes halogenated alkanes) is 1. The minimum absolute atomic E-state index is 0.176. The summed E-state index contributed by atoms with van der Waals surface area (Å²) in [6.07, 6.45) is 3.24. The van der Waals surface area contributed by atoms with Crippen LogP contribution in [0, 0.1) is 0 Å². The molecule has 2 aromatic rings. The number of amides is 1. The van der Waals surface area contributed by atoms with E-state index in [-0.39, 0.29) is 6.04 Å². The van der Waals surface area contributed by atoms with Gasteiger partial charge in [0.05, 0.1) is 17.1 Å². The molecular weight excluding hydrogens is 252 g/mol. The molecule has 1 heterocycles. The average molecular weight is 274 g/mol. The van der Waals surface area contributed by atoms with Gasteiger partial charge in [0.25, 0.3) is 5.91 Å². The number of para-hydroxylation sites is 1. The molecule has 0 aliphatic carbocycles. The van der Waals surface area contributed by atoms with Gasteiger partial charge in [0.1, 0.15) is 11.3 Å². The monoisotopic (exact) mass is 274 g/mol. The van der Waals surface area contributed by atoms with E-state index in [1.54, 1.807) is 6.07 Å². The Bertz CT molecular complexity index is 591. The van der Waals surface area contributed by atoms with Crippen LogP contribution in [0.15, 0.2) is 18.2 Å². The number of hydrogen-bond donors (Lipinski definition) is 3. The van der Waals surface area contributed by atoms with Crippen molar-refractivity contribution < 1.29 is 4.79 Å². The van der Waals surface area contributed by atoms with Gasteiger partial charge in [0.2, 0.25) is 0 Å². The molecule has 5 nitrogen and oxygen atoms in total. The fraction of sp³-hybridized carbons (Fsp3) is 0.467. The first-order chi connectivity index (χ1) is 9.67. The van der Waals surface area contributed by atoms with E-state index >= 15 is 0 Å². The molecule has 0 saturated carbocycles. The van der Waals surface area contributed by atoms with Gasteiger partial charge in [0.15, 0.2) is 0 Å². The molecule has 0 aliphatic rings. The van der Waals surface area contributed by atoms with Crippen LogP contribution in [0.1, 0.15) is 55.3 Å². The van der Waals surface area contributed by atoms with Gasteiger partial charge in [-0.15, -0.1) is 0 Å². The zero-order valence-corrected chi connectivity index (χ0v) is 12.1. The lowest BCUT2D eigenvalue weighted by Crippen LogP contribution is -2.22. The molecule has 1 aromatic carbocycles. The average Bonchev–Trinajstić information content (AvgIpc) is 2.86. The van der Waals surface area contributed by atoms with Gasteiger partial charge in [0, 0.05) is 0 Å². The molecule has 108 valence electrons. The summed E-state index contributed by atoms with van der Waals surface area (Å²) in [5.74, 6) is 0.424. The number of fused-ring (bicyclic) bond motifs is 1. The first-order valence-corrected chi connectivity index (χ1v) is 7.19. The molecule has 0 radical (unpaired) electrons. The molecular formula is C15H22N4O. The van der Waals surface area contributed by atoms with Crippen LogP contribution >= 0.6 is 0 Å². The summed E-state index contributed by atoms with van der Waals surface area (Å²) in [7, 11) is 0.